The summed E-state index contributed by atoms with van der Waals surface area (Å²) in [4.78, 5) is 36.7. The van der Waals surface area contributed by atoms with Gasteiger partial charge in [0, 0.05) is 45.7 Å². The third kappa shape index (κ3) is 8.25. The summed E-state index contributed by atoms with van der Waals surface area (Å²) in [7, 11) is -1.22. The lowest BCUT2D eigenvalue weighted by atomic mass is 10.1. The fraction of sp³-hybridized carbons (Fsp3) is 0.433. The normalized spacial score (nSPS) is 14.2. The second kappa shape index (κ2) is 13.7. The minimum atomic E-state index is -1.22. The van der Waals surface area contributed by atoms with E-state index in [-0.39, 0.29) is 30.2 Å². The number of nitriles is 1. The highest BCUT2D eigenvalue weighted by Crippen LogP contribution is 2.23. The lowest BCUT2D eigenvalue weighted by Crippen LogP contribution is -2.41. The first-order valence-corrected chi connectivity index (χ1v) is 17.8. The molecule has 0 saturated carbocycles. The Hall–Kier alpha value is -4.05. The van der Waals surface area contributed by atoms with Crippen LogP contribution in [-0.2, 0) is 21.0 Å². The highest BCUT2D eigenvalue weighted by Gasteiger charge is 2.21. The SMILES string of the molecule is CC(C)NC(=O)c1cn(COCC[Si](C)(C)C)c2ncc(Nc3ccc(C=C(C#N)C(=O)N4CCOCC4)cc3)nc12. The summed E-state index contributed by atoms with van der Waals surface area (Å²) in [5, 5.41) is 15.7. The number of ether oxygens (including phenoxy) is 2. The van der Waals surface area contributed by atoms with Gasteiger partial charge in [0.05, 0.1) is 25.0 Å². The molecule has 1 fully saturated rings. The molecule has 2 amide bonds. The van der Waals surface area contributed by atoms with Crippen LogP contribution in [0.25, 0.3) is 17.2 Å². The van der Waals surface area contributed by atoms with Crippen molar-refractivity contribution in [2.75, 3.05) is 38.2 Å². The number of hydrogen-bond acceptors (Lipinski definition) is 8. The maximum atomic E-state index is 13.0. The molecule has 222 valence electrons. The summed E-state index contributed by atoms with van der Waals surface area (Å²) in [5.74, 6) is -0.0439. The van der Waals surface area contributed by atoms with Crippen molar-refractivity contribution >= 4 is 48.6 Å². The van der Waals surface area contributed by atoms with Crippen LogP contribution in [0.3, 0.4) is 0 Å². The van der Waals surface area contributed by atoms with E-state index in [1.807, 2.05) is 48.7 Å². The van der Waals surface area contributed by atoms with E-state index in [1.54, 1.807) is 23.4 Å². The van der Waals surface area contributed by atoms with E-state index < -0.39 is 8.07 Å². The molecular formula is C30H39N7O4Si. The van der Waals surface area contributed by atoms with Gasteiger partial charge >= 0.3 is 0 Å². The van der Waals surface area contributed by atoms with Gasteiger partial charge in [0.15, 0.2) is 5.65 Å². The standard InChI is InChI=1S/C30H39N7O4Si/c1-21(2)33-29(38)25-19-37(20-41-14-15-42(3,4)5)28-27(25)35-26(18-32-28)34-24-8-6-22(7-9-24)16-23(17-31)30(39)36-10-12-40-13-11-36/h6-9,16,18-19,21H,10-15,20H2,1-5H3,(H,33,38)(H,34,35). The minimum Gasteiger partial charge on any atom is -0.378 e. The van der Waals surface area contributed by atoms with Crippen molar-refractivity contribution in [2.45, 2.75) is 52.3 Å². The molecule has 2 N–H and O–H groups in total. The van der Waals surface area contributed by atoms with Gasteiger partial charge in [-0.2, -0.15) is 5.26 Å². The van der Waals surface area contributed by atoms with Crippen molar-refractivity contribution in [2.24, 2.45) is 0 Å². The fourth-order valence-corrected chi connectivity index (χ4v) is 5.07. The van der Waals surface area contributed by atoms with E-state index >= 15 is 0 Å². The van der Waals surface area contributed by atoms with Crippen LogP contribution in [0.1, 0.15) is 29.8 Å². The van der Waals surface area contributed by atoms with Gasteiger partial charge in [-0.1, -0.05) is 31.8 Å². The molecule has 12 heteroatoms. The molecule has 1 aliphatic heterocycles. The molecule has 1 aliphatic rings. The Bertz CT molecular complexity index is 1480. The molecule has 4 rings (SSSR count). The predicted molar refractivity (Wildman–Crippen MR) is 165 cm³/mol. The number of hydrogen-bond donors (Lipinski definition) is 2. The molecular weight excluding hydrogens is 550 g/mol. The van der Waals surface area contributed by atoms with Crippen LogP contribution in [0, 0.1) is 11.3 Å². The zero-order chi connectivity index (χ0) is 30.3. The van der Waals surface area contributed by atoms with E-state index in [4.69, 9.17) is 14.5 Å². The number of amides is 2. The van der Waals surface area contributed by atoms with E-state index in [9.17, 15) is 14.9 Å². The highest BCUT2D eigenvalue weighted by molar-refractivity contribution is 6.76. The van der Waals surface area contributed by atoms with Crippen LogP contribution < -0.4 is 10.6 Å². The van der Waals surface area contributed by atoms with Crippen molar-refractivity contribution in [3.8, 4) is 6.07 Å². The summed E-state index contributed by atoms with van der Waals surface area (Å²) in [5.41, 5.74) is 3.01. The molecule has 3 heterocycles. The van der Waals surface area contributed by atoms with Crippen molar-refractivity contribution in [3.63, 3.8) is 0 Å². The molecule has 42 heavy (non-hydrogen) atoms. The smallest absolute Gasteiger partial charge is 0.264 e. The van der Waals surface area contributed by atoms with Gasteiger partial charge < -0.3 is 29.6 Å². The van der Waals surface area contributed by atoms with Crippen molar-refractivity contribution < 1.29 is 19.1 Å². The number of anilines is 2. The predicted octanol–water partition coefficient (Wildman–Crippen LogP) is 4.39. The summed E-state index contributed by atoms with van der Waals surface area (Å²) < 4.78 is 13.0. The minimum absolute atomic E-state index is 0.0311. The Kier molecular flexibility index (Phi) is 10.1. The lowest BCUT2D eigenvalue weighted by molar-refractivity contribution is -0.130. The Morgan fingerprint density at radius 1 is 1.19 bits per heavy atom. The number of rotatable bonds is 11. The number of morpholine rings is 1. The number of benzene rings is 1. The second-order valence-electron chi connectivity index (χ2n) is 11.7. The maximum Gasteiger partial charge on any atom is 0.264 e. The second-order valence-corrected chi connectivity index (χ2v) is 17.4. The molecule has 1 saturated heterocycles. The first-order valence-electron chi connectivity index (χ1n) is 14.1. The third-order valence-corrected chi connectivity index (χ3v) is 8.30. The summed E-state index contributed by atoms with van der Waals surface area (Å²) in [6.45, 7) is 13.6. The molecule has 2 aromatic heterocycles. The Morgan fingerprint density at radius 3 is 2.55 bits per heavy atom. The van der Waals surface area contributed by atoms with Gasteiger partial charge in [-0.15, -0.1) is 0 Å². The first kappa shape index (κ1) is 30.9. The lowest BCUT2D eigenvalue weighted by Gasteiger charge is -2.26. The van der Waals surface area contributed by atoms with Gasteiger partial charge in [0.2, 0.25) is 0 Å². The van der Waals surface area contributed by atoms with E-state index in [2.05, 4.69) is 35.3 Å². The molecule has 0 spiro atoms. The average Bonchev–Trinajstić information content (AvgIpc) is 3.32. The van der Waals surface area contributed by atoms with Gasteiger partial charge in [0.1, 0.15) is 29.7 Å². The third-order valence-electron chi connectivity index (χ3n) is 6.60. The van der Waals surface area contributed by atoms with Gasteiger partial charge in [0.25, 0.3) is 11.8 Å². The zero-order valence-electron chi connectivity index (χ0n) is 24.9. The number of carbonyl (C=O) groups excluding carboxylic acids is 2. The van der Waals surface area contributed by atoms with Crippen molar-refractivity contribution in [1.82, 2.24) is 24.8 Å². The molecule has 0 bridgehead atoms. The Balaban J connectivity index is 1.52. The average molecular weight is 590 g/mol. The topological polar surface area (TPSA) is 134 Å². The quantitative estimate of drug-likeness (QED) is 0.146. The molecule has 0 radical (unpaired) electrons. The number of nitrogens with one attached hydrogen (secondary N) is 2. The van der Waals surface area contributed by atoms with Crippen LogP contribution in [0.4, 0.5) is 11.5 Å². The molecule has 0 unspecified atom stereocenters. The summed E-state index contributed by atoms with van der Waals surface area (Å²) >= 11 is 0. The summed E-state index contributed by atoms with van der Waals surface area (Å²) in [6.07, 6.45) is 4.95. The van der Waals surface area contributed by atoms with Gasteiger partial charge in [-0.05, 0) is 43.7 Å². The van der Waals surface area contributed by atoms with Crippen LogP contribution >= 0.6 is 0 Å². The fourth-order valence-electron chi connectivity index (χ4n) is 4.31. The van der Waals surface area contributed by atoms with Crippen LogP contribution in [-0.4, -0.2) is 78.3 Å². The number of fused-ring (bicyclic) bond motifs is 1. The summed E-state index contributed by atoms with van der Waals surface area (Å²) in [6, 6.07) is 10.3. The largest absolute Gasteiger partial charge is 0.378 e. The maximum absolute atomic E-state index is 13.0. The molecule has 3 aromatic rings. The highest BCUT2D eigenvalue weighted by atomic mass is 28.3. The van der Waals surface area contributed by atoms with Crippen molar-refractivity contribution in [1.29, 1.82) is 5.26 Å². The first-order chi connectivity index (χ1) is 20.0. The van der Waals surface area contributed by atoms with E-state index in [0.29, 0.717) is 55.5 Å². The number of nitrogens with zero attached hydrogens (tertiary/aromatic N) is 5. The molecule has 1 aromatic carbocycles. The molecule has 0 atom stereocenters. The van der Waals surface area contributed by atoms with Crippen LogP contribution in [0.15, 0.2) is 42.2 Å². The van der Waals surface area contributed by atoms with E-state index in [1.165, 1.54) is 0 Å². The number of carbonyl (C=O) groups is 2. The molecule has 0 aliphatic carbocycles. The van der Waals surface area contributed by atoms with Crippen LogP contribution in [0.2, 0.25) is 25.7 Å². The monoisotopic (exact) mass is 589 g/mol. The Morgan fingerprint density at radius 2 is 1.90 bits per heavy atom. The van der Waals surface area contributed by atoms with Gasteiger partial charge in [-0.25, -0.2) is 9.97 Å². The van der Waals surface area contributed by atoms with Crippen LogP contribution in [0.5, 0.6) is 0 Å². The van der Waals surface area contributed by atoms with Gasteiger partial charge in [-0.3, -0.25) is 9.59 Å². The molecule has 11 nitrogen and oxygen atoms in total. The Labute approximate surface area is 247 Å². The zero-order valence-corrected chi connectivity index (χ0v) is 25.9. The number of aromatic nitrogens is 3. The van der Waals surface area contributed by atoms with Crippen molar-refractivity contribution in [3.05, 3.63) is 53.4 Å². The van der Waals surface area contributed by atoms with E-state index in [0.717, 1.165) is 17.3 Å².